The minimum absolute atomic E-state index is 0.318. The van der Waals surface area contributed by atoms with Crippen molar-refractivity contribution in [3.05, 3.63) is 0 Å². The zero-order valence-electron chi connectivity index (χ0n) is 6.34. The van der Waals surface area contributed by atoms with Gasteiger partial charge in [-0.05, 0) is 13.8 Å². The van der Waals surface area contributed by atoms with Crippen molar-refractivity contribution in [3.8, 4) is 0 Å². The van der Waals surface area contributed by atoms with Crippen LogP contribution in [0.4, 0.5) is 0 Å². The number of nitrogens with zero attached hydrogens (tertiary/aromatic N) is 1. The first-order valence-electron chi connectivity index (χ1n) is 2.91. The van der Waals surface area contributed by atoms with Crippen molar-refractivity contribution < 1.29 is 4.55 Å². The number of nitrogens with one attached hydrogen (secondary N) is 1. The second-order valence-electron chi connectivity index (χ2n) is 2.09. The highest BCUT2D eigenvalue weighted by Gasteiger charge is 2.15. The molecule has 0 saturated heterocycles. The van der Waals surface area contributed by atoms with E-state index in [1.807, 2.05) is 20.9 Å². The maximum Gasteiger partial charge on any atom is 0.137 e. The lowest BCUT2D eigenvalue weighted by Crippen LogP contribution is -2.40. The molecule has 0 aliphatic carbocycles. The molecule has 4 heteroatoms. The number of hydrogen-bond donors (Lipinski definition) is 1. The molecular weight excluding hydrogens is 136 g/mol. The van der Waals surface area contributed by atoms with E-state index < -0.39 is 11.5 Å². The second kappa shape index (κ2) is 4.11. The summed E-state index contributed by atoms with van der Waals surface area (Å²) in [5.41, 5.74) is 0. The van der Waals surface area contributed by atoms with Gasteiger partial charge in [0.25, 0.3) is 0 Å². The molecular formula is C5H14N2OS. The van der Waals surface area contributed by atoms with Gasteiger partial charge in [0, 0.05) is 14.1 Å². The Kier molecular flexibility index (Phi) is 4.22. The molecule has 0 aromatic carbocycles. The highest BCUT2D eigenvalue weighted by Crippen LogP contribution is 1.98. The highest BCUT2D eigenvalue weighted by molar-refractivity contribution is 7.87. The molecule has 56 valence electrons. The summed E-state index contributed by atoms with van der Waals surface area (Å²) in [6.45, 7) is 3.99. The summed E-state index contributed by atoms with van der Waals surface area (Å²) in [4.78, 5) is 0. The van der Waals surface area contributed by atoms with Gasteiger partial charge in [-0.25, -0.2) is 0 Å². The highest BCUT2D eigenvalue weighted by atomic mass is 32.2. The standard InChI is InChI=1S/C5H14N2OS/c1-5(2)7(4)9(8)6-3/h5-6H,1-4H3. The lowest BCUT2D eigenvalue weighted by Gasteiger charge is -2.20. The van der Waals surface area contributed by atoms with Gasteiger partial charge in [-0.1, -0.05) is 0 Å². The van der Waals surface area contributed by atoms with Crippen LogP contribution in [-0.4, -0.2) is 29.0 Å². The van der Waals surface area contributed by atoms with Crippen LogP contribution in [-0.2, 0) is 11.5 Å². The molecule has 0 amide bonds. The minimum atomic E-state index is -1.02. The van der Waals surface area contributed by atoms with E-state index in [4.69, 9.17) is 0 Å². The Hall–Kier alpha value is 0.230. The molecule has 9 heavy (non-hydrogen) atoms. The average molecular weight is 150 g/mol. The lowest BCUT2D eigenvalue weighted by molar-refractivity contribution is 0.405. The summed E-state index contributed by atoms with van der Waals surface area (Å²) >= 11 is -1.02. The molecule has 0 aliphatic rings. The van der Waals surface area contributed by atoms with Crippen LogP contribution in [0, 0.1) is 0 Å². The Morgan fingerprint density at radius 3 is 2.11 bits per heavy atom. The summed E-state index contributed by atoms with van der Waals surface area (Å²) in [6, 6.07) is 0.318. The van der Waals surface area contributed by atoms with Gasteiger partial charge in [-0.3, -0.25) is 0 Å². The Balaban J connectivity index is 3.58. The van der Waals surface area contributed by atoms with E-state index in [0.29, 0.717) is 6.04 Å². The molecule has 0 spiro atoms. The third-order valence-electron chi connectivity index (χ3n) is 1.16. The van der Waals surface area contributed by atoms with Crippen molar-refractivity contribution in [2.45, 2.75) is 19.9 Å². The molecule has 0 radical (unpaired) electrons. The van der Waals surface area contributed by atoms with Gasteiger partial charge in [0.2, 0.25) is 0 Å². The van der Waals surface area contributed by atoms with Crippen LogP contribution >= 0.6 is 0 Å². The fourth-order valence-electron chi connectivity index (χ4n) is 0.335. The molecule has 0 bridgehead atoms. The lowest BCUT2D eigenvalue weighted by atomic mass is 10.4. The Bertz CT molecular complexity index is 79.4. The predicted molar refractivity (Wildman–Crippen MR) is 40.1 cm³/mol. The van der Waals surface area contributed by atoms with Crippen molar-refractivity contribution in [2.24, 2.45) is 0 Å². The molecule has 0 aliphatic heterocycles. The monoisotopic (exact) mass is 150 g/mol. The zero-order valence-corrected chi connectivity index (χ0v) is 7.16. The third kappa shape index (κ3) is 3.05. The molecule has 0 aromatic heterocycles. The maximum absolute atomic E-state index is 10.9. The van der Waals surface area contributed by atoms with Crippen LogP contribution < -0.4 is 4.72 Å². The maximum atomic E-state index is 10.9. The molecule has 0 heterocycles. The van der Waals surface area contributed by atoms with Gasteiger partial charge < -0.3 is 4.55 Å². The summed E-state index contributed by atoms with van der Waals surface area (Å²) in [6.07, 6.45) is 0. The van der Waals surface area contributed by atoms with Crippen molar-refractivity contribution in [2.75, 3.05) is 14.1 Å². The quantitative estimate of drug-likeness (QED) is 0.581. The van der Waals surface area contributed by atoms with Crippen LogP contribution in [0.25, 0.3) is 0 Å². The molecule has 1 atom stereocenters. The largest absolute Gasteiger partial charge is 0.579 e. The van der Waals surface area contributed by atoms with E-state index in [9.17, 15) is 4.55 Å². The van der Waals surface area contributed by atoms with Crippen LogP contribution in [0.1, 0.15) is 13.8 Å². The first-order chi connectivity index (χ1) is 4.09. The van der Waals surface area contributed by atoms with Gasteiger partial charge in [-0.2, -0.15) is 0 Å². The molecule has 3 nitrogen and oxygen atoms in total. The van der Waals surface area contributed by atoms with Crippen LogP contribution in [0.3, 0.4) is 0 Å². The minimum Gasteiger partial charge on any atom is -0.579 e. The molecule has 0 aromatic rings. The summed E-state index contributed by atoms with van der Waals surface area (Å²) in [7, 11) is 3.49. The van der Waals surface area contributed by atoms with E-state index >= 15 is 0 Å². The Morgan fingerprint density at radius 1 is 1.56 bits per heavy atom. The first-order valence-corrected chi connectivity index (χ1v) is 4.02. The molecule has 0 rings (SSSR count). The van der Waals surface area contributed by atoms with E-state index in [-0.39, 0.29) is 0 Å². The SMILES string of the molecule is CN[S+]([O-])N(C)C(C)C. The fourth-order valence-corrected chi connectivity index (χ4v) is 1.01. The molecule has 1 N–H and O–H groups in total. The number of rotatable bonds is 3. The Labute approximate surface area is 59.9 Å². The average Bonchev–Trinajstić information content (AvgIpc) is 1.84. The van der Waals surface area contributed by atoms with Crippen LogP contribution in [0.2, 0.25) is 0 Å². The van der Waals surface area contributed by atoms with Gasteiger partial charge in [0.05, 0.1) is 6.04 Å². The van der Waals surface area contributed by atoms with E-state index in [0.717, 1.165) is 0 Å². The fraction of sp³-hybridized carbons (Fsp3) is 1.00. The van der Waals surface area contributed by atoms with E-state index in [1.165, 1.54) is 0 Å². The van der Waals surface area contributed by atoms with Crippen molar-refractivity contribution in [1.82, 2.24) is 9.03 Å². The second-order valence-corrected chi connectivity index (χ2v) is 3.58. The normalized spacial score (nSPS) is 15.0. The molecule has 1 unspecified atom stereocenters. The first kappa shape index (κ1) is 9.23. The van der Waals surface area contributed by atoms with Crippen molar-refractivity contribution >= 4 is 11.5 Å². The van der Waals surface area contributed by atoms with Crippen LogP contribution in [0.15, 0.2) is 0 Å². The van der Waals surface area contributed by atoms with Gasteiger partial charge in [-0.15, -0.1) is 9.03 Å². The zero-order chi connectivity index (χ0) is 7.44. The van der Waals surface area contributed by atoms with E-state index in [1.54, 1.807) is 11.4 Å². The van der Waals surface area contributed by atoms with Gasteiger partial charge in [0.1, 0.15) is 11.5 Å². The summed E-state index contributed by atoms with van der Waals surface area (Å²) in [5.74, 6) is 0. The summed E-state index contributed by atoms with van der Waals surface area (Å²) < 4.78 is 15.3. The summed E-state index contributed by atoms with van der Waals surface area (Å²) in [5, 5.41) is 0. The van der Waals surface area contributed by atoms with Crippen molar-refractivity contribution in [3.63, 3.8) is 0 Å². The Morgan fingerprint density at radius 2 is 2.00 bits per heavy atom. The molecule has 0 saturated carbocycles. The topological polar surface area (TPSA) is 38.3 Å². The van der Waals surface area contributed by atoms with E-state index in [2.05, 4.69) is 4.72 Å². The predicted octanol–water partition coefficient (Wildman–Crippen LogP) is 0.125. The van der Waals surface area contributed by atoms with Crippen molar-refractivity contribution in [1.29, 1.82) is 0 Å². The smallest absolute Gasteiger partial charge is 0.137 e. The van der Waals surface area contributed by atoms with Gasteiger partial charge >= 0.3 is 0 Å². The molecule has 0 fully saturated rings. The number of hydrogen-bond acceptors (Lipinski definition) is 3. The van der Waals surface area contributed by atoms with Gasteiger partial charge in [0.15, 0.2) is 0 Å². The third-order valence-corrected chi connectivity index (χ3v) is 2.46. The van der Waals surface area contributed by atoms with Crippen LogP contribution in [0.5, 0.6) is 0 Å².